The van der Waals surface area contributed by atoms with Gasteiger partial charge in [-0.3, -0.25) is 0 Å². The first-order valence-electron chi connectivity index (χ1n) is 6.27. The Kier molecular flexibility index (Phi) is 7.70. The molecule has 0 aliphatic rings. The van der Waals surface area contributed by atoms with Gasteiger partial charge in [-0.25, -0.2) is 9.59 Å². The molecule has 0 saturated heterocycles. The van der Waals surface area contributed by atoms with Gasteiger partial charge in [0.25, 0.3) is 0 Å². The van der Waals surface area contributed by atoms with E-state index in [0.29, 0.717) is 5.75 Å². The van der Waals surface area contributed by atoms with Crippen molar-refractivity contribution < 1.29 is 19.1 Å². The van der Waals surface area contributed by atoms with Gasteiger partial charge in [-0.1, -0.05) is 0 Å². The molecule has 0 radical (unpaired) electrons. The number of rotatable bonds is 5. The monoisotopic (exact) mass is 473 g/mol. The number of hydrogen-bond donors (Lipinski definition) is 1. The molecule has 9 heteroatoms. The van der Waals surface area contributed by atoms with Crippen LogP contribution in [0.4, 0.5) is 4.79 Å². The van der Waals surface area contributed by atoms with Crippen molar-refractivity contribution in [3.63, 3.8) is 0 Å². The number of thiophene rings is 1. The van der Waals surface area contributed by atoms with E-state index < -0.39 is 23.7 Å². The summed E-state index contributed by atoms with van der Waals surface area (Å²) in [6.07, 6.45) is -0.644. The Bertz CT molecular complexity index is 543. The fourth-order valence-electron chi connectivity index (χ4n) is 1.36. The molecular weight excluding hydrogens is 458 g/mol. The topological polar surface area (TPSA) is 64.6 Å². The van der Waals surface area contributed by atoms with Gasteiger partial charge in [-0.05, 0) is 58.7 Å². The van der Waals surface area contributed by atoms with Crippen LogP contribution in [0.15, 0.2) is 18.5 Å². The van der Waals surface area contributed by atoms with E-state index in [1.165, 1.54) is 18.9 Å². The highest BCUT2D eigenvalue weighted by Gasteiger charge is 2.25. The number of ether oxygens (including phenoxy) is 2. The first-order chi connectivity index (χ1) is 10.1. The Morgan fingerprint density at radius 1 is 1.41 bits per heavy atom. The number of methoxy groups -OCH3 is 1. The number of thioether (sulfide) groups is 1. The van der Waals surface area contributed by atoms with E-state index >= 15 is 0 Å². The minimum absolute atomic E-state index is 0.341. The van der Waals surface area contributed by atoms with Crippen LogP contribution in [0.25, 0.3) is 0 Å². The second kappa shape index (κ2) is 8.56. The van der Waals surface area contributed by atoms with E-state index in [0.717, 1.165) is 12.5 Å². The van der Waals surface area contributed by atoms with Gasteiger partial charge in [-0.15, -0.1) is 23.1 Å². The minimum atomic E-state index is -0.782. The van der Waals surface area contributed by atoms with Crippen molar-refractivity contribution in [2.75, 3.05) is 12.9 Å². The number of halogens is 2. The van der Waals surface area contributed by atoms with Crippen molar-refractivity contribution >= 4 is 67.0 Å². The van der Waals surface area contributed by atoms with E-state index in [-0.39, 0.29) is 0 Å². The van der Waals surface area contributed by atoms with Crippen molar-refractivity contribution in [2.24, 2.45) is 0 Å². The number of nitrogens with one attached hydrogen (secondary N) is 1. The summed E-state index contributed by atoms with van der Waals surface area (Å²) >= 11 is 9.83. The molecule has 124 valence electrons. The highest BCUT2D eigenvalue weighted by atomic mass is 79.9. The highest BCUT2D eigenvalue weighted by molar-refractivity contribution is 9.12. The van der Waals surface area contributed by atoms with Crippen LogP contribution in [0.3, 0.4) is 0 Å². The summed E-state index contributed by atoms with van der Waals surface area (Å²) in [6, 6.07) is 1.16. The van der Waals surface area contributed by atoms with E-state index in [1.807, 2.05) is 6.07 Å². The zero-order valence-corrected chi connectivity index (χ0v) is 17.4. The summed E-state index contributed by atoms with van der Waals surface area (Å²) in [6.45, 7) is 5.28. The molecule has 22 heavy (non-hydrogen) atoms. The Balaban J connectivity index is 2.67. The molecular formula is C13H17Br2NO4S2. The van der Waals surface area contributed by atoms with Gasteiger partial charge < -0.3 is 14.8 Å². The molecule has 0 bridgehead atoms. The molecule has 1 atom stereocenters. The maximum atomic E-state index is 11.8. The second-order valence-corrected chi connectivity index (χ2v) is 10.0. The Hall–Kier alpha value is -0.250. The lowest BCUT2D eigenvalue weighted by molar-refractivity contribution is -0.142. The summed E-state index contributed by atoms with van der Waals surface area (Å²) in [4.78, 5) is 24.6. The van der Waals surface area contributed by atoms with Crippen LogP contribution in [0.2, 0.25) is 0 Å². The van der Waals surface area contributed by atoms with E-state index in [2.05, 4.69) is 37.2 Å². The Labute approximate surface area is 154 Å². The molecule has 1 amide bonds. The molecule has 1 N–H and O–H groups in total. The maximum Gasteiger partial charge on any atom is 0.408 e. The second-order valence-electron chi connectivity index (χ2n) is 5.22. The Morgan fingerprint density at radius 3 is 2.50 bits per heavy atom. The van der Waals surface area contributed by atoms with Crippen LogP contribution >= 0.6 is 55.0 Å². The summed E-state index contributed by atoms with van der Waals surface area (Å²) in [5.41, 5.74) is -0.626. The summed E-state index contributed by atoms with van der Waals surface area (Å²) in [7, 11) is 1.29. The van der Waals surface area contributed by atoms with Crippen molar-refractivity contribution in [2.45, 2.75) is 37.3 Å². The molecule has 0 unspecified atom stereocenters. The van der Waals surface area contributed by atoms with Crippen molar-refractivity contribution in [1.29, 1.82) is 0 Å². The van der Waals surface area contributed by atoms with Crippen LogP contribution in [0, 0.1) is 0 Å². The fraction of sp³-hybridized carbons (Fsp3) is 0.538. The minimum Gasteiger partial charge on any atom is -0.467 e. The molecule has 5 nitrogen and oxygen atoms in total. The molecule has 0 saturated carbocycles. The zero-order chi connectivity index (χ0) is 16.9. The molecule has 0 fully saturated rings. The molecule has 1 aromatic heterocycles. The molecule has 1 heterocycles. The van der Waals surface area contributed by atoms with Crippen LogP contribution in [-0.2, 0) is 14.3 Å². The van der Waals surface area contributed by atoms with Gasteiger partial charge in [-0.2, -0.15) is 0 Å². The van der Waals surface area contributed by atoms with Gasteiger partial charge in [0.1, 0.15) is 11.6 Å². The predicted octanol–water partition coefficient (Wildman–Crippen LogP) is 4.43. The fourth-order valence-corrected chi connectivity index (χ4v) is 5.62. The van der Waals surface area contributed by atoms with Crippen molar-refractivity contribution in [1.82, 2.24) is 5.32 Å². The van der Waals surface area contributed by atoms with Crippen molar-refractivity contribution in [3.05, 3.63) is 13.6 Å². The van der Waals surface area contributed by atoms with Crippen LogP contribution in [0.5, 0.6) is 0 Å². The number of carbonyl (C=O) groups excluding carboxylic acids is 2. The highest BCUT2D eigenvalue weighted by Crippen LogP contribution is 2.38. The third-order valence-electron chi connectivity index (χ3n) is 2.21. The number of alkyl carbamates (subject to hydrolysis) is 1. The number of hydrogen-bond acceptors (Lipinski definition) is 6. The van der Waals surface area contributed by atoms with Crippen LogP contribution in [-0.4, -0.2) is 36.6 Å². The first kappa shape index (κ1) is 19.8. The third kappa shape index (κ3) is 6.89. The molecule has 0 aliphatic carbocycles. The van der Waals surface area contributed by atoms with Gasteiger partial charge >= 0.3 is 12.1 Å². The van der Waals surface area contributed by atoms with Gasteiger partial charge in [0, 0.05) is 10.6 Å². The van der Waals surface area contributed by atoms with Crippen molar-refractivity contribution in [3.8, 4) is 0 Å². The third-order valence-corrected chi connectivity index (χ3v) is 6.07. The lowest BCUT2D eigenvalue weighted by Gasteiger charge is -2.22. The summed E-state index contributed by atoms with van der Waals surface area (Å²) < 4.78 is 11.8. The van der Waals surface area contributed by atoms with Crippen LogP contribution < -0.4 is 5.32 Å². The first-order valence-corrected chi connectivity index (χ1v) is 9.66. The SMILES string of the molecule is COC(=O)[C@H](CSc1cc(Br)sc1Br)NC(=O)OC(C)(C)C. The average molecular weight is 475 g/mol. The molecule has 1 rings (SSSR count). The predicted molar refractivity (Wildman–Crippen MR) is 95.6 cm³/mol. The maximum absolute atomic E-state index is 11.8. The lowest BCUT2D eigenvalue weighted by atomic mass is 10.2. The largest absolute Gasteiger partial charge is 0.467 e. The molecule has 0 aliphatic heterocycles. The number of esters is 1. The molecule has 0 spiro atoms. The van der Waals surface area contributed by atoms with E-state index in [9.17, 15) is 9.59 Å². The van der Waals surface area contributed by atoms with E-state index in [4.69, 9.17) is 9.47 Å². The van der Waals surface area contributed by atoms with Gasteiger partial charge in [0.15, 0.2) is 0 Å². The molecule has 1 aromatic rings. The Morgan fingerprint density at radius 2 is 2.05 bits per heavy atom. The van der Waals surface area contributed by atoms with Crippen LogP contribution in [0.1, 0.15) is 20.8 Å². The summed E-state index contributed by atoms with van der Waals surface area (Å²) in [5, 5.41) is 2.54. The van der Waals surface area contributed by atoms with E-state index in [1.54, 1.807) is 32.1 Å². The average Bonchev–Trinajstić information content (AvgIpc) is 2.69. The zero-order valence-electron chi connectivity index (χ0n) is 12.6. The number of amides is 1. The smallest absolute Gasteiger partial charge is 0.408 e. The van der Waals surface area contributed by atoms with Gasteiger partial charge in [0.2, 0.25) is 0 Å². The standard InChI is InChI=1S/C13H17Br2NO4S2/c1-13(2,3)20-12(18)16-7(11(17)19-4)6-21-8-5-9(14)22-10(8)15/h5,7H,6H2,1-4H3,(H,16,18)/t7-/m0/s1. The summed E-state index contributed by atoms with van der Waals surface area (Å²) in [5.74, 6) is -0.169. The lowest BCUT2D eigenvalue weighted by Crippen LogP contribution is -2.45. The normalized spacial score (nSPS) is 12.6. The quantitative estimate of drug-likeness (QED) is 0.505. The number of carbonyl (C=O) groups is 2. The van der Waals surface area contributed by atoms with Gasteiger partial charge in [0.05, 0.1) is 14.7 Å². The molecule has 0 aromatic carbocycles.